The van der Waals surface area contributed by atoms with Gasteiger partial charge in [-0.1, -0.05) is 13.0 Å². The molecule has 0 fully saturated rings. The summed E-state index contributed by atoms with van der Waals surface area (Å²) in [6, 6.07) is 8.15. The second kappa shape index (κ2) is 6.84. The van der Waals surface area contributed by atoms with Crippen molar-refractivity contribution >= 4 is 17.3 Å². The largest absolute Gasteiger partial charge is 0.370 e. The van der Waals surface area contributed by atoms with Crippen LogP contribution in [-0.4, -0.2) is 16.5 Å². The highest BCUT2D eigenvalue weighted by molar-refractivity contribution is 5.59. The number of rotatable bonds is 6. The minimum atomic E-state index is -0.273. The average molecular weight is 274 g/mol. The lowest BCUT2D eigenvalue weighted by atomic mass is 10.3. The van der Waals surface area contributed by atoms with Crippen molar-refractivity contribution in [2.75, 3.05) is 17.2 Å². The Morgan fingerprint density at radius 1 is 1.10 bits per heavy atom. The molecule has 20 heavy (non-hydrogen) atoms. The minimum Gasteiger partial charge on any atom is -0.370 e. The van der Waals surface area contributed by atoms with Crippen molar-refractivity contribution in [2.45, 2.75) is 26.7 Å². The van der Waals surface area contributed by atoms with Gasteiger partial charge in [-0.3, -0.25) is 0 Å². The van der Waals surface area contributed by atoms with Crippen LogP contribution < -0.4 is 10.6 Å². The molecule has 0 bridgehead atoms. The first kappa shape index (κ1) is 14.2. The molecule has 0 aliphatic carbocycles. The zero-order valence-corrected chi connectivity index (χ0v) is 11.8. The number of nitrogens with one attached hydrogen (secondary N) is 2. The molecule has 5 heteroatoms. The number of hydrogen-bond donors (Lipinski definition) is 2. The summed E-state index contributed by atoms with van der Waals surface area (Å²) in [4.78, 5) is 8.88. The summed E-state index contributed by atoms with van der Waals surface area (Å²) in [5, 5.41) is 6.29. The first-order valence-electron chi connectivity index (χ1n) is 6.85. The van der Waals surface area contributed by atoms with E-state index in [0.717, 1.165) is 31.0 Å². The van der Waals surface area contributed by atoms with E-state index in [2.05, 4.69) is 27.5 Å². The second-order valence-electron chi connectivity index (χ2n) is 4.47. The predicted molar refractivity (Wildman–Crippen MR) is 79.9 cm³/mol. The third-order valence-corrected chi connectivity index (χ3v) is 2.70. The monoisotopic (exact) mass is 274 g/mol. The minimum absolute atomic E-state index is 0.273. The number of aryl methyl sites for hydroxylation is 1. The van der Waals surface area contributed by atoms with E-state index in [0.29, 0.717) is 11.5 Å². The number of halogens is 1. The molecule has 0 radical (unpaired) electrons. The van der Waals surface area contributed by atoms with Crippen molar-refractivity contribution < 1.29 is 4.39 Å². The smallest absolute Gasteiger partial charge is 0.136 e. The van der Waals surface area contributed by atoms with Crippen molar-refractivity contribution in [3.63, 3.8) is 0 Å². The van der Waals surface area contributed by atoms with E-state index < -0.39 is 0 Å². The maximum absolute atomic E-state index is 13.2. The summed E-state index contributed by atoms with van der Waals surface area (Å²) >= 11 is 0. The summed E-state index contributed by atoms with van der Waals surface area (Å²) < 4.78 is 13.2. The van der Waals surface area contributed by atoms with Gasteiger partial charge in [0.15, 0.2) is 0 Å². The maximum atomic E-state index is 13.2. The fraction of sp³-hybridized carbons (Fsp3) is 0.333. The fourth-order valence-corrected chi connectivity index (χ4v) is 1.88. The highest BCUT2D eigenvalue weighted by Crippen LogP contribution is 2.18. The maximum Gasteiger partial charge on any atom is 0.136 e. The zero-order chi connectivity index (χ0) is 14.4. The summed E-state index contributed by atoms with van der Waals surface area (Å²) in [6.07, 6.45) is 1.80. The summed E-state index contributed by atoms with van der Waals surface area (Å²) in [5.74, 6) is 1.96. The van der Waals surface area contributed by atoms with Gasteiger partial charge in [-0.05, 0) is 31.5 Å². The van der Waals surface area contributed by atoms with E-state index in [-0.39, 0.29) is 5.82 Å². The SMILES string of the molecule is CCCc1nc(NCC)cc(Nc2cccc(F)c2)n1. The molecular weight excluding hydrogens is 255 g/mol. The van der Waals surface area contributed by atoms with Gasteiger partial charge in [0.25, 0.3) is 0 Å². The first-order valence-corrected chi connectivity index (χ1v) is 6.85. The van der Waals surface area contributed by atoms with Gasteiger partial charge in [-0.15, -0.1) is 0 Å². The molecule has 1 heterocycles. The lowest BCUT2D eigenvalue weighted by Gasteiger charge is -2.10. The van der Waals surface area contributed by atoms with Crippen LogP contribution in [0.1, 0.15) is 26.1 Å². The van der Waals surface area contributed by atoms with E-state index in [4.69, 9.17) is 0 Å². The summed E-state index contributed by atoms with van der Waals surface area (Å²) in [7, 11) is 0. The van der Waals surface area contributed by atoms with E-state index in [1.165, 1.54) is 12.1 Å². The van der Waals surface area contributed by atoms with Crippen LogP contribution >= 0.6 is 0 Å². The van der Waals surface area contributed by atoms with Crippen molar-refractivity contribution in [1.29, 1.82) is 0 Å². The molecule has 0 amide bonds. The van der Waals surface area contributed by atoms with Crippen LogP contribution in [0.2, 0.25) is 0 Å². The molecular formula is C15H19FN4. The van der Waals surface area contributed by atoms with Gasteiger partial charge in [0.1, 0.15) is 23.3 Å². The Bertz CT molecular complexity index is 547. The van der Waals surface area contributed by atoms with Crippen LogP contribution in [0, 0.1) is 5.82 Å². The Kier molecular flexibility index (Phi) is 4.87. The predicted octanol–water partition coefficient (Wildman–Crippen LogP) is 3.74. The third-order valence-electron chi connectivity index (χ3n) is 2.70. The number of benzene rings is 1. The molecule has 1 aromatic carbocycles. The molecule has 106 valence electrons. The van der Waals surface area contributed by atoms with Gasteiger partial charge in [0, 0.05) is 24.7 Å². The van der Waals surface area contributed by atoms with Crippen molar-refractivity contribution in [3.05, 3.63) is 42.0 Å². The van der Waals surface area contributed by atoms with Gasteiger partial charge in [0.2, 0.25) is 0 Å². The van der Waals surface area contributed by atoms with Crippen molar-refractivity contribution in [3.8, 4) is 0 Å². The van der Waals surface area contributed by atoms with E-state index in [1.807, 2.05) is 13.0 Å². The van der Waals surface area contributed by atoms with Crippen LogP contribution in [0.3, 0.4) is 0 Å². The Morgan fingerprint density at radius 2 is 1.90 bits per heavy atom. The Balaban J connectivity index is 2.25. The molecule has 2 N–H and O–H groups in total. The molecule has 0 saturated heterocycles. The fourth-order valence-electron chi connectivity index (χ4n) is 1.88. The van der Waals surface area contributed by atoms with Gasteiger partial charge in [0.05, 0.1) is 0 Å². The van der Waals surface area contributed by atoms with Gasteiger partial charge in [-0.25, -0.2) is 14.4 Å². The highest BCUT2D eigenvalue weighted by Gasteiger charge is 2.05. The van der Waals surface area contributed by atoms with Crippen LogP contribution in [0.5, 0.6) is 0 Å². The molecule has 2 aromatic rings. The molecule has 0 atom stereocenters. The van der Waals surface area contributed by atoms with E-state index in [1.54, 1.807) is 12.1 Å². The average Bonchev–Trinajstić information content (AvgIpc) is 2.39. The molecule has 2 rings (SSSR count). The normalized spacial score (nSPS) is 10.3. The third kappa shape index (κ3) is 3.91. The summed E-state index contributed by atoms with van der Waals surface area (Å²) in [5.41, 5.74) is 0.675. The second-order valence-corrected chi connectivity index (χ2v) is 4.47. The molecule has 0 spiro atoms. The van der Waals surface area contributed by atoms with E-state index >= 15 is 0 Å². The van der Waals surface area contributed by atoms with Crippen molar-refractivity contribution in [1.82, 2.24) is 9.97 Å². The molecule has 0 saturated carbocycles. The standard InChI is InChI=1S/C15H19FN4/c1-3-6-13-19-14(17-4-2)10-15(20-13)18-12-8-5-7-11(16)9-12/h5,7-10H,3-4,6H2,1-2H3,(H2,17,18,19,20). The molecule has 0 aliphatic heterocycles. The van der Waals surface area contributed by atoms with Gasteiger partial charge in [-0.2, -0.15) is 0 Å². The Labute approximate surface area is 118 Å². The number of hydrogen-bond acceptors (Lipinski definition) is 4. The lowest BCUT2D eigenvalue weighted by molar-refractivity contribution is 0.628. The number of aromatic nitrogens is 2. The summed E-state index contributed by atoms with van der Waals surface area (Å²) in [6.45, 7) is 4.90. The van der Waals surface area contributed by atoms with Crippen molar-refractivity contribution in [2.24, 2.45) is 0 Å². The van der Waals surface area contributed by atoms with Crippen LogP contribution in [0.4, 0.5) is 21.7 Å². The quantitative estimate of drug-likeness (QED) is 0.842. The lowest BCUT2D eigenvalue weighted by Crippen LogP contribution is -2.06. The number of anilines is 3. The Morgan fingerprint density at radius 3 is 2.60 bits per heavy atom. The van der Waals surface area contributed by atoms with Crippen LogP contribution in [-0.2, 0) is 6.42 Å². The van der Waals surface area contributed by atoms with Crippen LogP contribution in [0.15, 0.2) is 30.3 Å². The topological polar surface area (TPSA) is 49.8 Å². The zero-order valence-electron chi connectivity index (χ0n) is 11.8. The number of nitrogens with zero attached hydrogens (tertiary/aromatic N) is 2. The molecule has 1 aromatic heterocycles. The Hall–Kier alpha value is -2.17. The van der Waals surface area contributed by atoms with Gasteiger partial charge >= 0.3 is 0 Å². The molecule has 0 aliphatic rings. The highest BCUT2D eigenvalue weighted by atomic mass is 19.1. The van der Waals surface area contributed by atoms with Gasteiger partial charge < -0.3 is 10.6 Å². The first-order chi connectivity index (χ1) is 9.71. The molecule has 4 nitrogen and oxygen atoms in total. The van der Waals surface area contributed by atoms with Crippen LogP contribution in [0.25, 0.3) is 0 Å². The van der Waals surface area contributed by atoms with E-state index in [9.17, 15) is 4.39 Å². The molecule has 0 unspecified atom stereocenters.